The smallest absolute Gasteiger partial charge is 0.429 e. The molecule has 0 aliphatic carbocycles. The van der Waals surface area contributed by atoms with Gasteiger partial charge in [0.05, 0.1) is 0 Å². The predicted molar refractivity (Wildman–Crippen MR) is 133 cm³/mol. The van der Waals surface area contributed by atoms with Crippen LogP contribution in [0.4, 0.5) is 52.7 Å². The first-order chi connectivity index (χ1) is 20.4. The third-order valence-corrected chi connectivity index (χ3v) is 6.23. The first-order valence-electron chi connectivity index (χ1n) is 12.5. The molecule has 4 rings (SSSR count). The minimum absolute atomic E-state index is 0.0498. The van der Waals surface area contributed by atoms with Crippen molar-refractivity contribution in [3.8, 4) is 28.0 Å². The lowest BCUT2D eigenvalue weighted by molar-refractivity contribution is -0.432. The fourth-order valence-corrected chi connectivity index (χ4v) is 4.37. The van der Waals surface area contributed by atoms with Crippen LogP contribution in [-0.4, -0.2) is 6.36 Å². The highest BCUT2D eigenvalue weighted by Crippen LogP contribution is 2.41. The normalized spacial score (nSPS) is 12.5. The Kier molecular flexibility index (Phi) is 8.97. The predicted octanol–water partition coefficient (Wildman–Crippen LogP) is 10.4. The van der Waals surface area contributed by atoms with Crippen molar-refractivity contribution in [3.63, 3.8) is 0 Å². The largest absolute Gasteiger partial charge is 0.527 e. The zero-order chi connectivity index (χ0) is 32.6. The number of aryl methyl sites for hydroxylation is 1. The first-order valence-corrected chi connectivity index (χ1v) is 12.5. The van der Waals surface area contributed by atoms with E-state index in [1.165, 1.54) is 0 Å². The summed E-state index contributed by atoms with van der Waals surface area (Å²) in [7, 11) is 0. The summed E-state index contributed by atoms with van der Waals surface area (Å²) in [5.41, 5.74) is -4.57. The van der Waals surface area contributed by atoms with Crippen molar-refractivity contribution >= 4 is 0 Å². The summed E-state index contributed by atoms with van der Waals surface area (Å²) in [6, 6.07) is 9.45. The molecule has 0 fully saturated rings. The molecule has 0 bridgehead atoms. The van der Waals surface area contributed by atoms with Gasteiger partial charge < -0.3 is 4.74 Å². The van der Waals surface area contributed by atoms with E-state index < -0.39 is 75.7 Å². The zero-order valence-corrected chi connectivity index (χ0v) is 22.1. The van der Waals surface area contributed by atoms with Crippen LogP contribution in [0, 0.1) is 29.1 Å². The Balaban J connectivity index is 1.60. The molecule has 0 saturated carbocycles. The second-order valence-electron chi connectivity index (χ2n) is 9.40. The van der Waals surface area contributed by atoms with Crippen molar-refractivity contribution in [2.75, 3.05) is 0 Å². The Bertz CT molecular complexity index is 1620. The van der Waals surface area contributed by atoms with E-state index in [9.17, 15) is 52.7 Å². The van der Waals surface area contributed by atoms with Crippen LogP contribution in [-0.2, 0) is 23.4 Å². The lowest BCUT2D eigenvalue weighted by Crippen LogP contribution is -2.29. The molecule has 0 radical (unpaired) electrons. The highest BCUT2D eigenvalue weighted by atomic mass is 19.4. The van der Waals surface area contributed by atoms with Crippen LogP contribution in [0.25, 0.3) is 22.3 Å². The van der Waals surface area contributed by atoms with Crippen molar-refractivity contribution < 1.29 is 62.2 Å². The highest BCUT2D eigenvalue weighted by molar-refractivity contribution is 5.66. The summed E-state index contributed by atoms with van der Waals surface area (Å²) < 4.78 is 174. The standard InChI is InChI=1S/C30H18F12O2/c1-2-3-15-4-6-16(7-5-15)17-10-22(32)26(23(33)11-17)28(36,37)43-19-8-9-20(21(31)14-19)18-12-24(34)27(25(35)13-18)29(38,39)44-30(40,41)42/h4-14H,2-3H2,1H3. The summed E-state index contributed by atoms with van der Waals surface area (Å²) in [6.45, 7) is 1.96. The van der Waals surface area contributed by atoms with Crippen LogP contribution in [0.1, 0.15) is 30.0 Å². The van der Waals surface area contributed by atoms with Crippen molar-refractivity contribution in [1.29, 1.82) is 0 Å². The average Bonchev–Trinajstić information content (AvgIpc) is 2.86. The highest BCUT2D eigenvalue weighted by Gasteiger charge is 2.49. The van der Waals surface area contributed by atoms with E-state index in [1.54, 1.807) is 24.3 Å². The molecule has 14 heteroatoms. The van der Waals surface area contributed by atoms with E-state index in [4.69, 9.17) is 0 Å². The van der Waals surface area contributed by atoms with Crippen molar-refractivity contribution in [2.24, 2.45) is 0 Å². The van der Waals surface area contributed by atoms with E-state index in [2.05, 4.69) is 9.47 Å². The van der Waals surface area contributed by atoms with Gasteiger partial charge in [0.15, 0.2) is 0 Å². The molecule has 0 saturated heterocycles. The molecule has 0 spiro atoms. The van der Waals surface area contributed by atoms with Crippen LogP contribution in [0.2, 0.25) is 0 Å². The number of benzene rings is 4. The van der Waals surface area contributed by atoms with Gasteiger partial charge in [-0.1, -0.05) is 37.6 Å². The fourth-order valence-electron chi connectivity index (χ4n) is 4.37. The van der Waals surface area contributed by atoms with E-state index in [1.807, 2.05) is 6.92 Å². The van der Waals surface area contributed by atoms with Crippen LogP contribution in [0.15, 0.2) is 66.7 Å². The van der Waals surface area contributed by atoms with Crippen molar-refractivity contribution in [2.45, 2.75) is 38.3 Å². The molecule has 0 aliphatic rings. The molecule has 0 unspecified atom stereocenters. The Hall–Kier alpha value is -4.20. The molecule has 4 aromatic carbocycles. The number of alkyl halides is 7. The summed E-state index contributed by atoms with van der Waals surface area (Å²) in [5, 5.41) is 0. The zero-order valence-electron chi connectivity index (χ0n) is 22.1. The summed E-state index contributed by atoms with van der Waals surface area (Å²) >= 11 is 0. The molecule has 0 N–H and O–H groups in total. The van der Waals surface area contributed by atoms with Gasteiger partial charge in [-0.25, -0.2) is 26.7 Å². The van der Waals surface area contributed by atoms with Gasteiger partial charge in [-0.3, -0.25) is 0 Å². The lowest BCUT2D eigenvalue weighted by Gasteiger charge is -2.21. The monoisotopic (exact) mass is 638 g/mol. The van der Waals surface area contributed by atoms with Gasteiger partial charge >= 0.3 is 18.6 Å². The molecule has 0 atom stereocenters. The average molecular weight is 638 g/mol. The van der Waals surface area contributed by atoms with Gasteiger partial charge in [-0.05, 0) is 65.1 Å². The van der Waals surface area contributed by atoms with Gasteiger partial charge in [0.1, 0.15) is 46.0 Å². The van der Waals surface area contributed by atoms with E-state index in [-0.39, 0.29) is 23.8 Å². The maximum absolute atomic E-state index is 14.9. The van der Waals surface area contributed by atoms with Gasteiger partial charge in [-0.2, -0.15) is 17.6 Å². The molecule has 2 nitrogen and oxygen atoms in total. The third-order valence-electron chi connectivity index (χ3n) is 6.23. The van der Waals surface area contributed by atoms with E-state index in [0.717, 1.165) is 18.4 Å². The quantitative estimate of drug-likeness (QED) is 0.170. The second-order valence-corrected chi connectivity index (χ2v) is 9.40. The molecule has 0 aliphatic heterocycles. The molecule has 44 heavy (non-hydrogen) atoms. The van der Waals surface area contributed by atoms with Crippen LogP contribution < -0.4 is 4.74 Å². The summed E-state index contributed by atoms with van der Waals surface area (Å²) in [5.74, 6) is -10.4. The van der Waals surface area contributed by atoms with Crippen molar-refractivity contribution in [1.82, 2.24) is 0 Å². The molecule has 234 valence electrons. The summed E-state index contributed by atoms with van der Waals surface area (Å²) in [6.07, 6.45) is -14.6. The topological polar surface area (TPSA) is 18.5 Å². The Morgan fingerprint density at radius 1 is 0.545 bits per heavy atom. The number of hydrogen-bond acceptors (Lipinski definition) is 2. The Morgan fingerprint density at radius 3 is 1.52 bits per heavy atom. The van der Waals surface area contributed by atoms with Crippen LogP contribution in [0.3, 0.4) is 0 Å². The second kappa shape index (κ2) is 12.1. The molecule has 4 aromatic rings. The van der Waals surface area contributed by atoms with Gasteiger partial charge in [0, 0.05) is 11.6 Å². The molecular formula is C30H18F12O2. The first kappa shape index (κ1) is 32.7. The number of rotatable bonds is 9. The molecule has 0 aromatic heterocycles. The molecule has 0 heterocycles. The fraction of sp³-hybridized carbons (Fsp3) is 0.200. The Labute approximate surface area is 241 Å². The number of ether oxygens (including phenoxy) is 2. The van der Waals surface area contributed by atoms with Gasteiger partial charge in [0.2, 0.25) is 0 Å². The van der Waals surface area contributed by atoms with E-state index in [0.29, 0.717) is 29.8 Å². The number of halogens is 12. The third kappa shape index (κ3) is 7.12. The van der Waals surface area contributed by atoms with E-state index >= 15 is 0 Å². The minimum Gasteiger partial charge on any atom is -0.429 e. The molecule has 0 amide bonds. The summed E-state index contributed by atoms with van der Waals surface area (Å²) in [4.78, 5) is 0. The maximum Gasteiger partial charge on any atom is 0.527 e. The van der Waals surface area contributed by atoms with Gasteiger partial charge in [0.25, 0.3) is 0 Å². The van der Waals surface area contributed by atoms with Gasteiger partial charge in [-0.15, -0.1) is 13.2 Å². The lowest BCUT2D eigenvalue weighted by atomic mass is 10.00. The van der Waals surface area contributed by atoms with Crippen molar-refractivity contribution in [3.05, 3.63) is 113 Å². The number of hydrogen-bond donors (Lipinski definition) is 0. The molecular weight excluding hydrogens is 620 g/mol. The SMILES string of the molecule is CCCc1ccc(-c2cc(F)c(C(F)(F)Oc3ccc(-c4cc(F)c(C(F)(F)OC(F)(F)F)c(F)c4)c(F)c3)c(F)c2)cc1. The maximum atomic E-state index is 14.9. The van der Waals surface area contributed by atoms with Crippen LogP contribution >= 0.6 is 0 Å². The Morgan fingerprint density at radius 2 is 1.05 bits per heavy atom. The minimum atomic E-state index is -5.97. The van der Waals surface area contributed by atoms with Crippen LogP contribution in [0.5, 0.6) is 5.75 Å².